The first kappa shape index (κ1) is 13.4. The average molecular weight is 271 g/mol. The highest BCUT2D eigenvalue weighted by molar-refractivity contribution is 7.99. The van der Waals surface area contributed by atoms with Gasteiger partial charge >= 0.3 is 11.9 Å². The first-order valence-electron chi connectivity index (χ1n) is 6.15. The molecule has 0 N–H and O–H groups in total. The second-order valence-electron chi connectivity index (χ2n) is 3.99. The van der Waals surface area contributed by atoms with Gasteiger partial charge in [0.2, 0.25) is 0 Å². The summed E-state index contributed by atoms with van der Waals surface area (Å²) in [6, 6.07) is 0. The summed E-state index contributed by atoms with van der Waals surface area (Å²) in [5.74, 6) is 0.265. The summed E-state index contributed by atoms with van der Waals surface area (Å²) in [6.45, 7) is 5.41. The zero-order valence-corrected chi connectivity index (χ0v) is 11.2. The molecule has 0 radical (unpaired) electrons. The molecule has 0 spiro atoms. The van der Waals surface area contributed by atoms with Crippen LogP contribution in [0.2, 0.25) is 0 Å². The maximum atomic E-state index is 11.3. The Labute approximate surface area is 110 Å². The standard InChI is InChI=1S/C11H17N3O3S/c1-2-16-10(15)9-12-13-11(17-9)18-8-7-14-5-3-4-6-14/h2-8H2,1H3. The molecule has 1 aliphatic rings. The summed E-state index contributed by atoms with van der Waals surface area (Å²) in [6.07, 6.45) is 2.58. The van der Waals surface area contributed by atoms with Gasteiger partial charge in [0.25, 0.3) is 5.22 Å². The number of rotatable bonds is 6. The second kappa shape index (κ2) is 6.75. The number of carbonyl (C=O) groups is 1. The van der Waals surface area contributed by atoms with E-state index in [9.17, 15) is 4.79 Å². The van der Waals surface area contributed by atoms with E-state index in [4.69, 9.17) is 9.15 Å². The number of esters is 1. The summed E-state index contributed by atoms with van der Waals surface area (Å²) in [5.41, 5.74) is 0. The molecule has 0 bridgehead atoms. The van der Waals surface area contributed by atoms with Crippen LogP contribution in [0.1, 0.15) is 30.5 Å². The van der Waals surface area contributed by atoms with E-state index in [-0.39, 0.29) is 5.89 Å². The average Bonchev–Trinajstić information content (AvgIpc) is 3.00. The fourth-order valence-corrected chi connectivity index (χ4v) is 2.57. The number of likely N-dealkylation sites (tertiary alicyclic amines) is 1. The van der Waals surface area contributed by atoms with Crippen LogP contribution in [0.25, 0.3) is 0 Å². The largest absolute Gasteiger partial charge is 0.459 e. The van der Waals surface area contributed by atoms with Crippen LogP contribution < -0.4 is 0 Å². The number of hydrogen-bond donors (Lipinski definition) is 0. The van der Waals surface area contributed by atoms with E-state index in [0.717, 1.165) is 12.3 Å². The third-order valence-electron chi connectivity index (χ3n) is 2.69. The highest BCUT2D eigenvalue weighted by Crippen LogP contribution is 2.17. The normalized spacial score (nSPS) is 16.1. The van der Waals surface area contributed by atoms with Gasteiger partial charge in [0.1, 0.15) is 0 Å². The summed E-state index contributed by atoms with van der Waals surface area (Å²) >= 11 is 1.47. The topological polar surface area (TPSA) is 68.5 Å². The van der Waals surface area contributed by atoms with Gasteiger partial charge in [-0.05, 0) is 32.9 Å². The number of thioether (sulfide) groups is 1. The number of carbonyl (C=O) groups excluding carboxylic acids is 1. The Balaban J connectivity index is 1.74. The number of aromatic nitrogens is 2. The lowest BCUT2D eigenvalue weighted by atomic mass is 10.4. The minimum Gasteiger partial charge on any atom is -0.459 e. The monoisotopic (exact) mass is 271 g/mol. The van der Waals surface area contributed by atoms with Gasteiger partial charge < -0.3 is 14.1 Å². The van der Waals surface area contributed by atoms with Crippen molar-refractivity contribution in [2.24, 2.45) is 0 Å². The summed E-state index contributed by atoms with van der Waals surface area (Å²) < 4.78 is 9.98. The SMILES string of the molecule is CCOC(=O)c1nnc(SCCN2CCCC2)o1. The van der Waals surface area contributed by atoms with Gasteiger partial charge in [0, 0.05) is 12.3 Å². The summed E-state index contributed by atoms with van der Waals surface area (Å²) in [7, 11) is 0. The van der Waals surface area contributed by atoms with Crippen molar-refractivity contribution in [2.45, 2.75) is 25.0 Å². The molecular formula is C11H17N3O3S. The molecule has 1 aliphatic heterocycles. The third-order valence-corrected chi connectivity index (χ3v) is 3.49. The molecule has 0 unspecified atom stereocenters. The predicted molar refractivity (Wildman–Crippen MR) is 66.7 cm³/mol. The lowest BCUT2D eigenvalue weighted by molar-refractivity contribution is 0.0475. The van der Waals surface area contributed by atoms with E-state index in [1.165, 1.54) is 37.7 Å². The quantitative estimate of drug-likeness (QED) is 0.572. The van der Waals surface area contributed by atoms with Gasteiger partial charge in [0.15, 0.2) is 0 Å². The van der Waals surface area contributed by atoms with E-state index in [1.54, 1.807) is 6.92 Å². The van der Waals surface area contributed by atoms with Crippen molar-refractivity contribution in [3.63, 3.8) is 0 Å². The Bertz CT molecular complexity index is 391. The molecule has 0 aromatic carbocycles. The lowest BCUT2D eigenvalue weighted by Gasteiger charge is -2.12. The lowest BCUT2D eigenvalue weighted by Crippen LogP contribution is -2.21. The Kier molecular flexibility index (Phi) is 5.00. The summed E-state index contributed by atoms with van der Waals surface area (Å²) in [5, 5.41) is 7.90. The van der Waals surface area contributed by atoms with Gasteiger partial charge in [-0.25, -0.2) is 4.79 Å². The van der Waals surface area contributed by atoms with E-state index >= 15 is 0 Å². The van der Waals surface area contributed by atoms with E-state index < -0.39 is 5.97 Å². The molecule has 0 saturated carbocycles. The molecule has 2 rings (SSSR count). The van der Waals surface area contributed by atoms with Gasteiger partial charge in [0.05, 0.1) is 6.61 Å². The van der Waals surface area contributed by atoms with Crippen molar-refractivity contribution in [3.8, 4) is 0 Å². The Hall–Kier alpha value is -1.08. The van der Waals surface area contributed by atoms with Crippen molar-refractivity contribution in [3.05, 3.63) is 5.89 Å². The van der Waals surface area contributed by atoms with Gasteiger partial charge in [-0.1, -0.05) is 16.9 Å². The van der Waals surface area contributed by atoms with E-state index in [0.29, 0.717) is 11.8 Å². The van der Waals surface area contributed by atoms with Crippen LogP contribution >= 0.6 is 11.8 Å². The third kappa shape index (κ3) is 3.71. The Morgan fingerprint density at radius 1 is 1.44 bits per heavy atom. The van der Waals surface area contributed by atoms with Crippen LogP contribution in [-0.4, -0.2) is 53.1 Å². The molecule has 0 atom stereocenters. The number of hydrogen-bond acceptors (Lipinski definition) is 7. The van der Waals surface area contributed by atoms with Crippen molar-refractivity contribution in [1.82, 2.24) is 15.1 Å². The van der Waals surface area contributed by atoms with E-state index in [1.807, 2.05) is 0 Å². The fourth-order valence-electron chi connectivity index (χ4n) is 1.81. The van der Waals surface area contributed by atoms with Crippen molar-refractivity contribution >= 4 is 17.7 Å². The zero-order valence-electron chi connectivity index (χ0n) is 10.4. The molecule has 1 fully saturated rings. The molecule has 1 saturated heterocycles. The fraction of sp³-hybridized carbons (Fsp3) is 0.727. The highest BCUT2D eigenvalue weighted by atomic mass is 32.2. The van der Waals surface area contributed by atoms with Crippen LogP contribution in [0, 0.1) is 0 Å². The van der Waals surface area contributed by atoms with E-state index in [2.05, 4.69) is 15.1 Å². The Morgan fingerprint density at radius 2 is 2.22 bits per heavy atom. The molecule has 1 aromatic rings. The van der Waals surface area contributed by atoms with Crippen molar-refractivity contribution < 1.29 is 13.9 Å². The van der Waals surface area contributed by atoms with Crippen molar-refractivity contribution in [1.29, 1.82) is 0 Å². The predicted octanol–water partition coefficient (Wildman–Crippen LogP) is 1.43. The molecule has 7 heteroatoms. The molecule has 18 heavy (non-hydrogen) atoms. The molecule has 6 nitrogen and oxygen atoms in total. The van der Waals surface area contributed by atoms with Crippen LogP contribution in [0.3, 0.4) is 0 Å². The molecule has 1 aromatic heterocycles. The molecule has 0 amide bonds. The first-order valence-corrected chi connectivity index (χ1v) is 7.14. The van der Waals surface area contributed by atoms with Gasteiger partial charge in [-0.3, -0.25) is 0 Å². The van der Waals surface area contributed by atoms with Crippen LogP contribution in [0.5, 0.6) is 0 Å². The van der Waals surface area contributed by atoms with Crippen LogP contribution in [0.4, 0.5) is 0 Å². The van der Waals surface area contributed by atoms with Gasteiger partial charge in [-0.2, -0.15) is 0 Å². The molecular weight excluding hydrogens is 254 g/mol. The number of nitrogens with zero attached hydrogens (tertiary/aromatic N) is 3. The van der Waals surface area contributed by atoms with Gasteiger partial charge in [-0.15, -0.1) is 5.10 Å². The maximum Gasteiger partial charge on any atom is 0.396 e. The maximum absolute atomic E-state index is 11.3. The van der Waals surface area contributed by atoms with Crippen LogP contribution in [0.15, 0.2) is 9.64 Å². The summed E-state index contributed by atoms with van der Waals surface area (Å²) in [4.78, 5) is 13.7. The molecule has 100 valence electrons. The zero-order chi connectivity index (χ0) is 12.8. The smallest absolute Gasteiger partial charge is 0.396 e. The van der Waals surface area contributed by atoms with Crippen LogP contribution in [-0.2, 0) is 4.74 Å². The molecule has 2 heterocycles. The highest BCUT2D eigenvalue weighted by Gasteiger charge is 2.16. The minimum absolute atomic E-state index is 0.0690. The number of ether oxygens (including phenoxy) is 1. The van der Waals surface area contributed by atoms with Crippen molar-refractivity contribution in [2.75, 3.05) is 32.0 Å². The minimum atomic E-state index is -0.559. The first-order chi connectivity index (χ1) is 8.79. The second-order valence-corrected chi connectivity index (χ2v) is 5.04. The molecule has 0 aliphatic carbocycles. The Morgan fingerprint density at radius 3 is 2.94 bits per heavy atom.